The average molecular weight is 327 g/mol. The first kappa shape index (κ1) is 18.5. The molecule has 0 aliphatic rings. The third kappa shape index (κ3) is 6.05. The van der Waals surface area contributed by atoms with Crippen molar-refractivity contribution in [1.29, 1.82) is 0 Å². The van der Waals surface area contributed by atoms with Gasteiger partial charge in [-0.05, 0) is 49.9 Å². The number of carbonyl (C=O) groups excluding carboxylic acids is 1. The highest BCUT2D eigenvalue weighted by molar-refractivity contribution is 7.90. The molecule has 0 fully saturated rings. The number of amides is 1. The van der Waals surface area contributed by atoms with Crippen LogP contribution in [0.15, 0.2) is 23.1 Å². The van der Waals surface area contributed by atoms with Crippen LogP contribution in [-0.2, 0) is 21.1 Å². The molecule has 0 atom stereocenters. The van der Waals surface area contributed by atoms with Crippen LogP contribution >= 0.6 is 0 Å². The lowest BCUT2D eigenvalue weighted by Crippen LogP contribution is -2.32. The van der Waals surface area contributed by atoms with Crippen LogP contribution in [0, 0.1) is 0 Å². The molecule has 0 aliphatic heterocycles. The lowest BCUT2D eigenvalue weighted by Gasteiger charge is -2.20. The van der Waals surface area contributed by atoms with E-state index in [0.717, 1.165) is 11.1 Å². The van der Waals surface area contributed by atoms with Gasteiger partial charge in [-0.3, -0.25) is 0 Å². The number of sulfone groups is 1. The summed E-state index contributed by atoms with van der Waals surface area (Å²) in [6.45, 7) is 9.56. The van der Waals surface area contributed by atoms with Crippen molar-refractivity contribution in [3.8, 4) is 0 Å². The normalized spacial score (nSPS) is 12.3. The summed E-state index contributed by atoms with van der Waals surface area (Å²) >= 11 is 0. The number of ether oxygens (including phenoxy) is 1. The van der Waals surface area contributed by atoms with Crippen molar-refractivity contribution in [2.45, 2.75) is 57.6 Å². The molecule has 22 heavy (non-hydrogen) atoms. The predicted octanol–water partition coefficient (Wildman–Crippen LogP) is 3.24. The van der Waals surface area contributed by atoms with Gasteiger partial charge in [0.25, 0.3) is 0 Å². The number of rotatable bonds is 4. The SMILES string of the molecule is CC(C)c1cc(CNC(=O)OC(C)(C)C)cc(S(C)(=O)=O)c1. The summed E-state index contributed by atoms with van der Waals surface area (Å²) in [4.78, 5) is 11.9. The maximum absolute atomic E-state index is 11.8. The highest BCUT2D eigenvalue weighted by atomic mass is 32.2. The maximum Gasteiger partial charge on any atom is 0.407 e. The summed E-state index contributed by atoms with van der Waals surface area (Å²) in [6, 6.07) is 5.16. The van der Waals surface area contributed by atoms with Gasteiger partial charge in [-0.15, -0.1) is 0 Å². The summed E-state index contributed by atoms with van der Waals surface area (Å²) in [6.07, 6.45) is 0.653. The van der Waals surface area contributed by atoms with Gasteiger partial charge < -0.3 is 10.1 Å². The monoisotopic (exact) mass is 327 g/mol. The van der Waals surface area contributed by atoms with Crippen LogP contribution in [0.3, 0.4) is 0 Å². The number of nitrogens with one attached hydrogen (secondary N) is 1. The quantitative estimate of drug-likeness (QED) is 0.921. The van der Waals surface area contributed by atoms with Gasteiger partial charge in [-0.2, -0.15) is 0 Å². The molecule has 0 bridgehead atoms. The summed E-state index contributed by atoms with van der Waals surface area (Å²) in [5.74, 6) is 0.196. The Balaban J connectivity index is 2.95. The molecule has 1 aromatic rings. The molecule has 0 heterocycles. The smallest absolute Gasteiger partial charge is 0.407 e. The van der Waals surface area contributed by atoms with Crippen molar-refractivity contribution >= 4 is 15.9 Å². The Kier molecular flexibility index (Phi) is 5.62. The van der Waals surface area contributed by atoms with Gasteiger partial charge in [0.15, 0.2) is 9.84 Å². The molecular weight excluding hydrogens is 302 g/mol. The lowest BCUT2D eigenvalue weighted by molar-refractivity contribution is 0.0523. The van der Waals surface area contributed by atoms with Crippen molar-refractivity contribution in [1.82, 2.24) is 5.32 Å². The van der Waals surface area contributed by atoms with Crippen molar-refractivity contribution in [2.75, 3.05) is 6.26 Å². The highest BCUT2D eigenvalue weighted by Gasteiger charge is 2.16. The molecule has 0 radical (unpaired) electrons. The molecule has 0 spiro atoms. The topological polar surface area (TPSA) is 72.5 Å². The van der Waals surface area contributed by atoms with Crippen LogP contribution in [-0.4, -0.2) is 26.4 Å². The standard InChI is InChI=1S/C16H25NO4S/c1-11(2)13-7-12(8-14(9-13)22(6,19)20)10-17-15(18)21-16(3,4)5/h7-9,11H,10H2,1-6H3,(H,17,18). The Morgan fingerprint density at radius 2 is 1.82 bits per heavy atom. The van der Waals surface area contributed by atoms with E-state index < -0.39 is 21.5 Å². The molecule has 1 amide bonds. The molecular formula is C16H25NO4S. The van der Waals surface area contributed by atoms with Crippen LogP contribution < -0.4 is 5.32 Å². The molecule has 1 rings (SSSR count). The third-order valence-corrected chi connectivity index (χ3v) is 4.01. The summed E-state index contributed by atoms with van der Waals surface area (Å²) in [5, 5.41) is 2.64. The third-order valence-electron chi connectivity index (χ3n) is 2.92. The van der Waals surface area contributed by atoms with Gasteiger partial charge in [0, 0.05) is 12.8 Å². The Bertz CT molecular complexity index is 643. The van der Waals surface area contributed by atoms with E-state index in [-0.39, 0.29) is 17.4 Å². The van der Waals surface area contributed by atoms with E-state index in [1.807, 2.05) is 19.9 Å². The summed E-state index contributed by atoms with van der Waals surface area (Å²) < 4.78 is 28.7. The van der Waals surface area contributed by atoms with Crippen LogP contribution in [0.2, 0.25) is 0 Å². The summed E-state index contributed by atoms with van der Waals surface area (Å²) in [5.41, 5.74) is 1.09. The van der Waals surface area contributed by atoms with Crippen LogP contribution in [0.25, 0.3) is 0 Å². The zero-order chi connectivity index (χ0) is 17.1. The molecule has 124 valence electrons. The molecule has 5 nitrogen and oxygen atoms in total. The molecule has 0 unspecified atom stereocenters. The van der Waals surface area contributed by atoms with E-state index in [9.17, 15) is 13.2 Å². The minimum atomic E-state index is -3.29. The largest absolute Gasteiger partial charge is 0.444 e. The van der Waals surface area contributed by atoms with Gasteiger partial charge in [-0.25, -0.2) is 13.2 Å². The number of benzene rings is 1. The minimum Gasteiger partial charge on any atom is -0.444 e. The Morgan fingerprint density at radius 1 is 1.23 bits per heavy atom. The number of alkyl carbamates (subject to hydrolysis) is 1. The van der Waals surface area contributed by atoms with E-state index in [4.69, 9.17) is 4.74 Å². The number of hydrogen-bond donors (Lipinski definition) is 1. The van der Waals surface area contributed by atoms with E-state index in [2.05, 4.69) is 5.32 Å². The summed E-state index contributed by atoms with van der Waals surface area (Å²) in [7, 11) is -3.29. The predicted molar refractivity (Wildman–Crippen MR) is 86.7 cm³/mol. The van der Waals surface area contributed by atoms with Gasteiger partial charge in [0.1, 0.15) is 5.60 Å². The van der Waals surface area contributed by atoms with E-state index in [1.54, 1.807) is 32.9 Å². The van der Waals surface area contributed by atoms with E-state index in [0.29, 0.717) is 0 Å². The van der Waals surface area contributed by atoms with Gasteiger partial charge in [-0.1, -0.05) is 19.9 Å². The fraction of sp³-hybridized carbons (Fsp3) is 0.562. The van der Waals surface area contributed by atoms with Gasteiger partial charge >= 0.3 is 6.09 Å². The molecule has 0 aromatic heterocycles. The van der Waals surface area contributed by atoms with Crippen molar-refractivity contribution in [3.63, 3.8) is 0 Å². The Labute approximate surface area is 133 Å². The Hall–Kier alpha value is -1.56. The Morgan fingerprint density at radius 3 is 2.27 bits per heavy atom. The highest BCUT2D eigenvalue weighted by Crippen LogP contribution is 2.21. The maximum atomic E-state index is 11.8. The first-order chi connectivity index (χ1) is 9.88. The molecule has 0 saturated carbocycles. The van der Waals surface area contributed by atoms with E-state index >= 15 is 0 Å². The second-order valence-corrected chi connectivity index (χ2v) is 8.71. The number of hydrogen-bond acceptors (Lipinski definition) is 4. The molecule has 0 aliphatic carbocycles. The first-order valence-electron chi connectivity index (χ1n) is 7.19. The zero-order valence-electron chi connectivity index (χ0n) is 14.1. The fourth-order valence-corrected chi connectivity index (χ4v) is 2.54. The second-order valence-electron chi connectivity index (χ2n) is 6.69. The minimum absolute atomic E-state index is 0.196. The van der Waals surface area contributed by atoms with Crippen LogP contribution in [0.4, 0.5) is 4.79 Å². The lowest BCUT2D eigenvalue weighted by atomic mass is 10.0. The van der Waals surface area contributed by atoms with Gasteiger partial charge in [0.2, 0.25) is 0 Å². The number of carbonyl (C=O) groups is 1. The van der Waals surface area contributed by atoms with Crippen LogP contribution in [0.1, 0.15) is 51.7 Å². The second kappa shape index (κ2) is 6.69. The molecule has 1 aromatic carbocycles. The average Bonchev–Trinajstić information content (AvgIpc) is 2.33. The van der Waals surface area contributed by atoms with Crippen molar-refractivity contribution in [2.24, 2.45) is 0 Å². The fourth-order valence-electron chi connectivity index (χ4n) is 1.82. The van der Waals surface area contributed by atoms with Crippen molar-refractivity contribution < 1.29 is 17.9 Å². The van der Waals surface area contributed by atoms with Crippen molar-refractivity contribution in [3.05, 3.63) is 29.3 Å². The first-order valence-corrected chi connectivity index (χ1v) is 9.08. The van der Waals surface area contributed by atoms with Gasteiger partial charge in [0.05, 0.1) is 4.90 Å². The molecule has 1 N–H and O–H groups in total. The molecule has 6 heteroatoms. The zero-order valence-corrected chi connectivity index (χ0v) is 14.9. The van der Waals surface area contributed by atoms with Crippen LogP contribution in [0.5, 0.6) is 0 Å². The molecule has 0 saturated heterocycles. The van der Waals surface area contributed by atoms with E-state index in [1.165, 1.54) is 6.26 Å².